The Bertz CT molecular complexity index is 851. The maximum absolute atomic E-state index is 12.6. The number of carbonyl (C=O) groups is 1. The number of anilines is 1. The smallest absolute Gasteiger partial charge is 0.248 e. The van der Waals surface area contributed by atoms with Gasteiger partial charge in [-0.15, -0.1) is 0 Å². The highest BCUT2D eigenvalue weighted by Gasteiger charge is 2.51. The number of allylic oxidation sites excluding steroid dienone is 2. The second kappa shape index (κ2) is 11.0. The lowest BCUT2D eigenvalue weighted by atomic mass is 9.50. The Kier molecular flexibility index (Phi) is 8.61. The summed E-state index contributed by atoms with van der Waals surface area (Å²) in [7, 11) is 0. The monoisotopic (exact) mass is 451 g/mol. The summed E-state index contributed by atoms with van der Waals surface area (Å²) in [6.07, 6.45) is 10.0. The van der Waals surface area contributed by atoms with Crippen LogP contribution in [-0.4, -0.2) is 17.1 Å². The topological polar surface area (TPSA) is 49.3 Å². The fraction of sp³-hybridized carbons (Fsp3) is 0.633. The van der Waals surface area contributed by atoms with E-state index in [9.17, 15) is 9.90 Å². The number of nitrogens with one attached hydrogen (secondary N) is 1. The number of aliphatic hydroxyl groups excluding tert-OH is 1. The third kappa shape index (κ3) is 6.18. The van der Waals surface area contributed by atoms with Crippen LogP contribution in [0.1, 0.15) is 85.1 Å². The summed E-state index contributed by atoms with van der Waals surface area (Å²) >= 11 is 0. The average molecular weight is 452 g/mol. The zero-order chi connectivity index (χ0) is 24.2. The zero-order valence-corrected chi connectivity index (χ0v) is 21.5. The third-order valence-corrected chi connectivity index (χ3v) is 8.56. The number of hydrogen-bond donors (Lipinski definition) is 2. The highest BCUT2D eigenvalue weighted by Crippen LogP contribution is 2.56. The molecule has 0 aliphatic heterocycles. The number of aliphatic hydroxyl groups is 1. The van der Waals surface area contributed by atoms with E-state index in [1.165, 1.54) is 24.0 Å². The lowest BCUT2D eigenvalue weighted by Crippen LogP contribution is -2.52. The average Bonchev–Trinajstić information content (AvgIpc) is 2.76. The van der Waals surface area contributed by atoms with Gasteiger partial charge in [0.25, 0.3) is 0 Å². The van der Waals surface area contributed by atoms with Crippen molar-refractivity contribution in [3.8, 4) is 0 Å². The van der Waals surface area contributed by atoms with E-state index in [0.29, 0.717) is 23.7 Å². The normalized spacial score (nSPS) is 29.5. The van der Waals surface area contributed by atoms with E-state index in [1.807, 2.05) is 12.1 Å². The third-order valence-electron chi connectivity index (χ3n) is 8.56. The summed E-state index contributed by atoms with van der Waals surface area (Å²) in [6.45, 7) is 15.5. The number of carbonyl (C=O) groups excluding carboxylic acids is 1. The molecule has 182 valence electrons. The van der Waals surface area contributed by atoms with Crippen LogP contribution in [-0.2, 0) is 11.2 Å². The van der Waals surface area contributed by atoms with Gasteiger partial charge in [-0.1, -0.05) is 64.0 Å². The number of unbranched alkanes of at least 4 members (excludes halogenated alkanes) is 1. The molecule has 2 aliphatic rings. The summed E-state index contributed by atoms with van der Waals surface area (Å²) in [6, 6.07) is 8.21. The SMILES string of the molecule is C=C1CCC2C(C(C)CC(O)C2(C)C)C1CC/C(C)=C/C(=O)Nc1ccc(CCCC)cc1. The van der Waals surface area contributed by atoms with Crippen molar-refractivity contribution in [3.63, 3.8) is 0 Å². The second-order valence-corrected chi connectivity index (χ2v) is 11.4. The van der Waals surface area contributed by atoms with Crippen molar-refractivity contribution < 1.29 is 9.90 Å². The van der Waals surface area contributed by atoms with Crippen LogP contribution in [0, 0.1) is 29.1 Å². The van der Waals surface area contributed by atoms with Gasteiger partial charge in [-0.05, 0) is 98.7 Å². The van der Waals surface area contributed by atoms with Crippen LogP contribution in [0.5, 0.6) is 0 Å². The predicted octanol–water partition coefficient (Wildman–Crippen LogP) is 7.32. The molecule has 3 nitrogen and oxygen atoms in total. The van der Waals surface area contributed by atoms with Crippen LogP contribution in [0.3, 0.4) is 0 Å². The molecule has 1 aromatic rings. The maximum atomic E-state index is 12.6. The minimum absolute atomic E-state index is 0.0347. The molecular formula is C30H45NO2. The Morgan fingerprint density at radius 1 is 1.27 bits per heavy atom. The highest BCUT2D eigenvalue weighted by atomic mass is 16.3. The summed E-state index contributed by atoms with van der Waals surface area (Å²) in [5.74, 6) is 2.06. The van der Waals surface area contributed by atoms with E-state index in [4.69, 9.17) is 0 Å². The van der Waals surface area contributed by atoms with Gasteiger partial charge in [0, 0.05) is 11.8 Å². The molecule has 2 saturated carbocycles. The van der Waals surface area contributed by atoms with E-state index >= 15 is 0 Å². The largest absolute Gasteiger partial charge is 0.393 e. The molecule has 2 aliphatic carbocycles. The summed E-state index contributed by atoms with van der Waals surface area (Å²) in [5.41, 5.74) is 4.62. The molecule has 1 amide bonds. The molecular weight excluding hydrogens is 406 g/mol. The number of rotatable bonds is 8. The fourth-order valence-corrected chi connectivity index (χ4v) is 6.38. The van der Waals surface area contributed by atoms with Crippen molar-refractivity contribution in [2.75, 3.05) is 5.32 Å². The minimum Gasteiger partial charge on any atom is -0.393 e. The van der Waals surface area contributed by atoms with E-state index in [0.717, 1.165) is 49.8 Å². The fourth-order valence-electron chi connectivity index (χ4n) is 6.38. The predicted molar refractivity (Wildman–Crippen MR) is 139 cm³/mol. The van der Waals surface area contributed by atoms with Crippen LogP contribution in [0.15, 0.2) is 48.1 Å². The Morgan fingerprint density at radius 3 is 2.64 bits per heavy atom. The number of benzene rings is 1. The number of fused-ring (bicyclic) bond motifs is 1. The molecule has 0 heterocycles. The van der Waals surface area contributed by atoms with Crippen LogP contribution in [0.25, 0.3) is 0 Å². The maximum Gasteiger partial charge on any atom is 0.248 e. The van der Waals surface area contributed by atoms with Gasteiger partial charge >= 0.3 is 0 Å². The van der Waals surface area contributed by atoms with Crippen molar-refractivity contribution >= 4 is 11.6 Å². The van der Waals surface area contributed by atoms with Crippen molar-refractivity contribution in [3.05, 3.63) is 53.6 Å². The first kappa shape index (κ1) is 25.7. The Hall–Kier alpha value is -1.87. The molecule has 0 radical (unpaired) electrons. The van der Waals surface area contributed by atoms with Crippen LogP contribution >= 0.6 is 0 Å². The number of aryl methyl sites for hydroxylation is 1. The molecule has 0 bridgehead atoms. The zero-order valence-electron chi connectivity index (χ0n) is 21.5. The molecule has 0 spiro atoms. The van der Waals surface area contributed by atoms with Gasteiger partial charge < -0.3 is 10.4 Å². The molecule has 3 rings (SSSR count). The molecule has 1 aromatic carbocycles. The first-order chi connectivity index (χ1) is 15.6. The van der Waals surface area contributed by atoms with Gasteiger partial charge in [-0.25, -0.2) is 0 Å². The van der Waals surface area contributed by atoms with Gasteiger partial charge in [-0.3, -0.25) is 4.79 Å². The second-order valence-electron chi connectivity index (χ2n) is 11.4. The molecule has 0 aromatic heterocycles. The van der Waals surface area contributed by atoms with Crippen LogP contribution < -0.4 is 5.32 Å². The lowest BCUT2D eigenvalue weighted by molar-refractivity contribution is -0.112. The van der Waals surface area contributed by atoms with E-state index in [-0.39, 0.29) is 17.4 Å². The highest BCUT2D eigenvalue weighted by molar-refractivity contribution is 5.99. The van der Waals surface area contributed by atoms with Crippen LogP contribution in [0.4, 0.5) is 5.69 Å². The standard InChI is InChI=1S/C30H45NO2/c1-7-8-9-23-12-14-24(15-13-23)31-28(33)18-20(2)10-16-25-21(3)11-17-26-29(25)22(4)19-27(32)30(26,5)6/h12-15,18,22,25-27,29,32H,3,7-11,16-17,19H2,1-2,4-6H3,(H,31,33)/b20-18+. The van der Waals surface area contributed by atoms with Gasteiger partial charge in [0.15, 0.2) is 0 Å². The minimum atomic E-state index is -0.216. The van der Waals surface area contributed by atoms with Crippen LogP contribution in [0.2, 0.25) is 0 Å². The molecule has 5 unspecified atom stereocenters. The first-order valence-electron chi connectivity index (χ1n) is 13.1. The molecule has 33 heavy (non-hydrogen) atoms. The molecule has 0 saturated heterocycles. The Balaban J connectivity index is 1.58. The number of hydrogen-bond acceptors (Lipinski definition) is 2. The van der Waals surface area contributed by atoms with Crippen molar-refractivity contribution in [1.29, 1.82) is 0 Å². The lowest BCUT2D eigenvalue weighted by Gasteiger charge is -2.55. The quantitative estimate of drug-likeness (QED) is 0.321. The van der Waals surface area contributed by atoms with E-state index in [2.05, 4.69) is 58.6 Å². The van der Waals surface area contributed by atoms with Crippen molar-refractivity contribution in [1.82, 2.24) is 0 Å². The molecule has 2 fully saturated rings. The van der Waals surface area contributed by atoms with Crippen molar-refractivity contribution in [2.24, 2.45) is 29.1 Å². The van der Waals surface area contributed by atoms with Gasteiger partial charge in [0.2, 0.25) is 5.91 Å². The van der Waals surface area contributed by atoms with Gasteiger partial charge in [-0.2, -0.15) is 0 Å². The Morgan fingerprint density at radius 2 is 1.97 bits per heavy atom. The number of amides is 1. The first-order valence-corrected chi connectivity index (χ1v) is 13.1. The van der Waals surface area contributed by atoms with Gasteiger partial charge in [0.05, 0.1) is 6.10 Å². The van der Waals surface area contributed by atoms with E-state index in [1.54, 1.807) is 6.08 Å². The summed E-state index contributed by atoms with van der Waals surface area (Å²) in [5, 5.41) is 13.7. The summed E-state index contributed by atoms with van der Waals surface area (Å²) in [4.78, 5) is 12.6. The Labute approximate surface area is 201 Å². The molecule has 3 heteroatoms. The van der Waals surface area contributed by atoms with E-state index < -0.39 is 0 Å². The molecule has 2 N–H and O–H groups in total. The van der Waals surface area contributed by atoms with Crippen molar-refractivity contribution in [2.45, 2.75) is 92.1 Å². The molecule has 5 atom stereocenters. The summed E-state index contributed by atoms with van der Waals surface area (Å²) < 4.78 is 0. The van der Waals surface area contributed by atoms with Gasteiger partial charge in [0.1, 0.15) is 0 Å².